The summed E-state index contributed by atoms with van der Waals surface area (Å²) >= 11 is 0. The molecule has 0 aliphatic carbocycles. The number of ether oxygens (including phenoxy) is 1. The van der Waals surface area contributed by atoms with E-state index in [1.54, 1.807) is 0 Å². The van der Waals surface area contributed by atoms with Gasteiger partial charge in [-0.1, -0.05) is 67.6 Å². The van der Waals surface area contributed by atoms with Gasteiger partial charge in [0.2, 0.25) is 5.91 Å². The summed E-state index contributed by atoms with van der Waals surface area (Å²) in [5.74, 6) is -0.970. The van der Waals surface area contributed by atoms with Crippen LogP contribution in [0.1, 0.15) is 37.3 Å². The van der Waals surface area contributed by atoms with Gasteiger partial charge in [-0.3, -0.25) is 14.4 Å². The number of hydrogen-bond donors (Lipinski definition) is 1. The third-order valence-electron chi connectivity index (χ3n) is 6.14. The number of piperazine rings is 1. The number of esters is 1. The number of carbonyl (C=O) groups excluding carboxylic acids is 3. The number of amides is 2. The van der Waals surface area contributed by atoms with Crippen molar-refractivity contribution in [2.24, 2.45) is 0 Å². The van der Waals surface area contributed by atoms with Crippen LogP contribution >= 0.6 is 0 Å². The van der Waals surface area contributed by atoms with E-state index in [0.717, 1.165) is 5.56 Å². The Hall–Kier alpha value is -3.15. The molecular weight excluding hydrogens is 368 g/mol. The summed E-state index contributed by atoms with van der Waals surface area (Å²) in [6, 6.07) is 18.6. The first kappa shape index (κ1) is 19.2. The van der Waals surface area contributed by atoms with Crippen LogP contribution in [0.5, 0.6) is 0 Å². The molecule has 3 saturated heterocycles. The van der Waals surface area contributed by atoms with Gasteiger partial charge in [-0.25, -0.2) is 0 Å². The van der Waals surface area contributed by atoms with E-state index in [1.165, 1.54) is 4.90 Å². The van der Waals surface area contributed by atoms with Gasteiger partial charge in [-0.05, 0) is 30.4 Å². The van der Waals surface area contributed by atoms with Gasteiger partial charge in [0, 0.05) is 0 Å². The molecule has 29 heavy (non-hydrogen) atoms. The number of fused-ring (bicyclic) bond motifs is 3. The normalized spacial score (nSPS) is 25.6. The lowest BCUT2D eigenvalue weighted by atomic mass is 9.68. The van der Waals surface area contributed by atoms with Crippen LogP contribution in [0.4, 0.5) is 0 Å². The fourth-order valence-electron chi connectivity index (χ4n) is 4.42. The molecule has 2 aromatic rings. The van der Waals surface area contributed by atoms with Crippen molar-refractivity contribution < 1.29 is 19.1 Å². The fraction of sp³-hybridized carbons (Fsp3) is 0.348. The number of piperidine rings is 2. The monoisotopic (exact) mass is 392 g/mol. The molecule has 150 valence electrons. The van der Waals surface area contributed by atoms with E-state index in [4.69, 9.17) is 4.74 Å². The lowest BCUT2D eigenvalue weighted by molar-refractivity contribution is -0.178. The second-order valence-corrected chi connectivity index (χ2v) is 7.65. The van der Waals surface area contributed by atoms with Gasteiger partial charge in [-0.15, -0.1) is 0 Å². The lowest BCUT2D eigenvalue weighted by Gasteiger charge is -2.57. The summed E-state index contributed by atoms with van der Waals surface area (Å²) in [5.41, 5.74) is -0.534. The summed E-state index contributed by atoms with van der Waals surface area (Å²) < 4.78 is 5.40. The maximum Gasteiger partial charge on any atom is 0.326 e. The first-order valence-corrected chi connectivity index (χ1v) is 9.91. The molecule has 2 amide bonds. The number of nitrogens with zero attached hydrogens (tertiary/aromatic N) is 1. The maximum absolute atomic E-state index is 13.4. The molecule has 6 nitrogen and oxygen atoms in total. The zero-order valence-electron chi connectivity index (χ0n) is 16.4. The topological polar surface area (TPSA) is 75.7 Å². The van der Waals surface area contributed by atoms with Crippen molar-refractivity contribution in [1.29, 1.82) is 0 Å². The van der Waals surface area contributed by atoms with Gasteiger partial charge in [0.05, 0.1) is 0 Å². The average Bonchev–Trinajstić information content (AvgIpc) is 2.76. The van der Waals surface area contributed by atoms with E-state index < -0.39 is 17.0 Å². The van der Waals surface area contributed by atoms with Gasteiger partial charge < -0.3 is 15.0 Å². The largest absolute Gasteiger partial charge is 0.459 e. The van der Waals surface area contributed by atoms with Crippen molar-refractivity contribution in [2.75, 3.05) is 6.54 Å². The summed E-state index contributed by atoms with van der Waals surface area (Å²) in [5, 5.41) is 2.95. The molecule has 2 unspecified atom stereocenters. The highest BCUT2D eigenvalue weighted by molar-refractivity contribution is 6.05. The van der Waals surface area contributed by atoms with Crippen LogP contribution in [0.15, 0.2) is 60.7 Å². The van der Waals surface area contributed by atoms with Crippen LogP contribution in [0.3, 0.4) is 0 Å². The zero-order valence-corrected chi connectivity index (χ0v) is 16.4. The zero-order chi connectivity index (χ0) is 20.5. The van der Waals surface area contributed by atoms with Gasteiger partial charge >= 0.3 is 5.97 Å². The quantitative estimate of drug-likeness (QED) is 0.767. The average molecular weight is 392 g/mol. The van der Waals surface area contributed by atoms with Crippen LogP contribution in [0, 0.1) is 0 Å². The molecule has 0 aromatic heterocycles. The molecule has 3 fully saturated rings. The van der Waals surface area contributed by atoms with Gasteiger partial charge in [0.1, 0.15) is 24.2 Å². The van der Waals surface area contributed by atoms with Crippen molar-refractivity contribution in [3.63, 3.8) is 0 Å². The molecule has 1 N–H and O–H groups in total. The Morgan fingerprint density at radius 1 is 1.03 bits per heavy atom. The summed E-state index contributed by atoms with van der Waals surface area (Å²) in [6.45, 7) is 1.76. The Labute approximate surface area is 169 Å². The molecule has 0 saturated carbocycles. The maximum atomic E-state index is 13.4. The van der Waals surface area contributed by atoms with Gasteiger partial charge in [0.25, 0.3) is 5.91 Å². The first-order valence-electron chi connectivity index (χ1n) is 9.91. The van der Waals surface area contributed by atoms with Crippen LogP contribution in [0.2, 0.25) is 0 Å². The SMILES string of the molecule is CCC12CCC(c3ccccc3)(C(=O)N1)N(CC(=O)OCc1ccccc1)C2=O. The lowest BCUT2D eigenvalue weighted by Crippen LogP contribution is -2.78. The van der Waals surface area contributed by atoms with Crippen LogP contribution in [0.25, 0.3) is 0 Å². The minimum Gasteiger partial charge on any atom is -0.459 e. The third kappa shape index (κ3) is 3.09. The number of benzene rings is 2. The van der Waals surface area contributed by atoms with Crippen molar-refractivity contribution in [2.45, 2.75) is 43.9 Å². The first-order chi connectivity index (χ1) is 14.0. The van der Waals surface area contributed by atoms with Crippen molar-refractivity contribution in [1.82, 2.24) is 10.2 Å². The molecule has 2 atom stereocenters. The minimum absolute atomic E-state index is 0.130. The van der Waals surface area contributed by atoms with Crippen LogP contribution in [-0.2, 0) is 31.3 Å². The Bertz CT molecular complexity index is 930. The molecular formula is C23H24N2O4. The summed E-state index contributed by atoms with van der Waals surface area (Å²) in [7, 11) is 0. The standard InChI is InChI=1S/C23H24N2O4/c1-2-22-13-14-23(20(27)24-22,18-11-7-4-8-12-18)25(21(22)28)15-19(26)29-16-17-9-5-3-6-10-17/h3-12H,2,13-16H2,1H3,(H,24,27). The molecule has 3 aliphatic heterocycles. The highest BCUT2D eigenvalue weighted by Gasteiger charge is 2.63. The van der Waals surface area contributed by atoms with Crippen molar-refractivity contribution >= 4 is 17.8 Å². The molecule has 0 spiro atoms. The Morgan fingerprint density at radius 2 is 1.69 bits per heavy atom. The molecule has 3 heterocycles. The van der Waals surface area contributed by atoms with E-state index in [1.807, 2.05) is 67.6 Å². The van der Waals surface area contributed by atoms with Crippen LogP contribution in [-0.4, -0.2) is 34.8 Å². The van der Waals surface area contributed by atoms with Crippen molar-refractivity contribution in [3.05, 3.63) is 71.8 Å². The number of rotatable bonds is 6. The molecule has 5 rings (SSSR count). The van der Waals surface area contributed by atoms with E-state index in [-0.39, 0.29) is 25.0 Å². The predicted molar refractivity (Wildman–Crippen MR) is 106 cm³/mol. The minimum atomic E-state index is -1.18. The number of hydrogen-bond acceptors (Lipinski definition) is 4. The molecule has 0 radical (unpaired) electrons. The molecule has 3 aliphatic rings. The fourth-order valence-corrected chi connectivity index (χ4v) is 4.42. The molecule has 2 aromatic carbocycles. The Kier molecular flexibility index (Phi) is 4.86. The second kappa shape index (κ2) is 7.35. The Balaban J connectivity index is 1.62. The Morgan fingerprint density at radius 3 is 2.31 bits per heavy atom. The molecule has 2 bridgehead atoms. The molecule has 6 heteroatoms. The second-order valence-electron chi connectivity index (χ2n) is 7.65. The highest BCUT2D eigenvalue weighted by Crippen LogP contribution is 2.47. The number of nitrogens with one attached hydrogen (secondary N) is 1. The third-order valence-corrected chi connectivity index (χ3v) is 6.14. The number of carbonyl (C=O) groups is 3. The van der Waals surface area contributed by atoms with E-state index in [2.05, 4.69) is 5.32 Å². The van der Waals surface area contributed by atoms with Gasteiger partial charge in [0.15, 0.2) is 0 Å². The van der Waals surface area contributed by atoms with E-state index in [0.29, 0.717) is 24.8 Å². The smallest absolute Gasteiger partial charge is 0.326 e. The van der Waals surface area contributed by atoms with Gasteiger partial charge in [-0.2, -0.15) is 0 Å². The van der Waals surface area contributed by atoms with E-state index >= 15 is 0 Å². The van der Waals surface area contributed by atoms with Crippen LogP contribution < -0.4 is 5.32 Å². The summed E-state index contributed by atoms with van der Waals surface area (Å²) in [6.07, 6.45) is 1.52. The van der Waals surface area contributed by atoms with Crippen molar-refractivity contribution in [3.8, 4) is 0 Å². The summed E-state index contributed by atoms with van der Waals surface area (Å²) in [4.78, 5) is 40.6. The predicted octanol–water partition coefficient (Wildman–Crippen LogP) is 2.53. The highest BCUT2D eigenvalue weighted by atomic mass is 16.5. The van der Waals surface area contributed by atoms with E-state index in [9.17, 15) is 14.4 Å².